The van der Waals surface area contributed by atoms with Crippen LogP contribution in [-0.2, 0) is 17.8 Å². The van der Waals surface area contributed by atoms with Crippen molar-refractivity contribution in [3.63, 3.8) is 0 Å². The standard InChI is InChI=1S/C41H47BrClN7O4/c1-41(2,3)54-40(51)47-30-12-10-29(11-13-30)46-38-34(22-45-50-25-28(42)20-37(38)50)39(44)48-36-19-14-31(21-35(36)43)49(23-26-6-15-32(52-4)16-7-26)24-27-8-17-33(53-5)18-9-27/h6-9,14-22,25,29-30,46H,10-13,23-24H2,1-5H3,(H2,44,48)(H,47,51)/t29-,30-. The normalized spacial score (nSPS) is 16.2. The highest BCUT2D eigenvalue weighted by molar-refractivity contribution is 9.10. The number of benzene rings is 3. The predicted molar refractivity (Wildman–Crippen MR) is 220 cm³/mol. The highest BCUT2D eigenvalue weighted by Gasteiger charge is 2.26. The largest absolute Gasteiger partial charge is 0.497 e. The summed E-state index contributed by atoms with van der Waals surface area (Å²) in [6.07, 6.45) is 6.58. The predicted octanol–water partition coefficient (Wildman–Crippen LogP) is 9.26. The fourth-order valence-corrected chi connectivity index (χ4v) is 7.17. The van der Waals surface area contributed by atoms with Gasteiger partial charge in [0.05, 0.1) is 47.9 Å². The first kappa shape index (κ1) is 38.8. The molecule has 1 amide bonds. The van der Waals surface area contributed by atoms with Crippen LogP contribution in [0.2, 0.25) is 5.02 Å². The van der Waals surface area contributed by atoms with E-state index in [1.165, 1.54) is 0 Å². The van der Waals surface area contributed by atoms with Gasteiger partial charge < -0.3 is 35.5 Å². The fourth-order valence-electron chi connectivity index (χ4n) is 6.55. The minimum absolute atomic E-state index is 0.0531. The van der Waals surface area contributed by atoms with Crippen LogP contribution in [0.5, 0.6) is 11.5 Å². The van der Waals surface area contributed by atoms with E-state index in [4.69, 9.17) is 36.5 Å². The van der Waals surface area contributed by atoms with Gasteiger partial charge in [-0.2, -0.15) is 5.10 Å². The molecule has 54 heavy (non-hydrogen) atoms. The first-order valence-corrected chi connectivity index (χ1v) is 19.1. The van der Waals surface area contributed by atoms with E-state index < -0.39 is 5.60 Å². The van der Waals surface area contributed by atoms with Crippen molar-refractivity contribution in [2.75, 3.05) is 24.4 Å². The molecule has 3 aromatic carbocycles. The van der Waals surface area contributed by atoms with Gasteiger partial charge in [0, 0.05) is 41.5 Å². The molecule has 1 aliphatic rings. The number of carbonyl (C=O) groups excluding carboxylic acids is 1. The lowest BCUT2D eigenvalue weighted by Gasteiger charge is -2.31. The van der Waals surface area contributed by atoms with E-state index in [0.29, 0.717) is 29.4 Å². The molecule has 1 aliphatic carbocycles. The van der Waals surface area contributed by atoms with Gasteiger partial charge in [0.25, 0.3) is 0 Å². The second kappa shape index (κ2) is 17.0. The monoisotopic (exact) mass is 815 g/mol. The second-order valence-electron chi connectivity index (χ2n) is 14.4. The summed E-state index contributed by atoms with van der Waals surface area (Å²) in [6.45, 7) is 6.88. The van der Waals surface area contributed by atoms with E-state index in [-0.39, 0.29) is 24.0 Å². The molecule has 0 aliphatic heterocycles. The zero-order chi connectivity index (χ0) is 38.4. The van der Waals surface area contributed by atoms with Crippen LogP contribution in [0.25, 0.3) is 5.52 Å². The summed E-state index contributed by atoms with van der Waals surface area (Å²) in [4.78, 5) is 19.5. The number of hydrogen-bond acceptors (Lipinski definition) is 8. The number of anilines is 2. The lowest BCUT2D eigenvalue weighted by atomic mass is 9.91. The third-order valence-electron chi connectivity index (χ3n) is 9.28. The Labute approximate surface area is 330 Å². The number of methoxy groups -OCH3 is 2. The average Bonchev–Trinajstić information content (AvgIpc) is 3.53. The first-order chi connectivity index (χ1) is 25.9. The van der Waals surface area contributed by atoms with Gasteiger partial charge in [-0.05, 0) is 122 Å². The molecule has 1 saturated carbocycles. The zero-order valence-corrected chi connectivity index (χ0v) is 33.6. The van der Waals surface area contributed by atoms with Crippen molar-refractivity contribution in [1.29, 1.82) is 0 Å². The number of nitrogens with one attached hydrogen (secondary N) is 2. The number of carbonyl (C=O) groups is 1. The van der Waals surface area contributed by atoms with Gasteiger partial charge in [-0.15, -0.1) is 0 Å². The minimum Gasteiger partial charge on any atom is -0.497 e. The van der Waals surface area contributed by atoms with Gasteiger partial charge in [-0.1, -0.05) is 35.9 Å². The smallest absolute Gasteiger partial charge is 0.407 e. The molecule has 0 spiro atoms. The van der Waals surface area contributed by atoms with Gasteiger partial charge >= 0.3 is 6.09 Å². The minimum atomic E-state index is -0.540. The molecule has 0 bridgehead atoms. The van der Waals surface area contributed by atoms with E-state index in [9.17, 15) is 4.79 Å². The van der Waals surface area contributed by atoms with Gasteiger partial charge in [0.15, 0.2) is 0 Å². The average molecular weight is 817 g/mol. The number of aliphatic imine (C=N–C) groups is 1. The van der Waals surface area contributed by atoms with Crippen LogP contribution in [0.4, 0.5) is 21.9 Å². The molecule has 6 rings (SSSR count). The van der Waals surface area contributed by atoms with E-state index in [0.717, 1.165) is 69.7 Å². The molecule has 2 aromatic heterocycles. The first-order valence-electron chi connectivity index (χ1n) is 17.9. The number of alkyl carbamates (subject to hydrolysis) is 1. The van der Waals surface area contributed by atoms with Crippen molar-refractivity contribution in [3.05, 3.63) is 111 Å². The maximum Gasteiger partial charge on any atom is 0.407 e. The SMILES string of the molecule is COc1ccc(CN(Cc2ccc(OC)cc2)c2ccc(/N=C(\N)c3cnn4cc(Br)cc4c3N[C@H]3CC[C@H](NC(=O)OC(C)(C)C)CC3)c(Cl)c2)cc1. The Morgan fingerprint density at radius 2 is 1.54 bits per heavy atom. The second-order valence-corrected chi connectivity index (χ2v) is 15.8. The summed E-state index contributed by atoms with van der Waals surface area (Å²) in [5.74, 6) is 1.90. The number of rotatable bonds is 12. The number of hydrogen-bond donors (Lipinski definition) is 3. The van der Waals surface area contributed by atoms with Crippen LogP contribution < -0.4 is 30.7 Å². The van der Waals surface area contributed by atoms with Crippen molar-refractivity contribution < 1.29 is 19.0 Å². The van der Waals surface area contributed by atoms with E-state index >= 15 is 0 Å². The Bertz CT molecular complexity index is 2040. The molecule has 11 nitrogen and oxygen atoms in total. The number of ether oxygens (including phenoxy) is 3. The van der Waals surface area contributed by atoms with Crippen molar-refractivity contribution in [3.8, 4) is 11.5 Å². The molecule has 5 aromatic rings. The number of fused-ring (bicyclic) bond motifs is 1. The van der Waals surface area contributed by atoms with Crippen molar-refractivity contribution in [2.24, 2.45) is 10.7 Å². The maximum absolute atomic E-state index is 12.4. The van der Waals surface area contributed by atoms with Crippen LogP contribution >= 0.6 is 27.5 Å². The molecule has 0 atom stereocenters. The molecule has 13 heteroatoms. The van der Waals surface area contributed by atoms with Gasteiger partial charge in [0.2, 0.25) is 0 Å². The highest BCUT2D eigenvalue weighted by Crippen LogP contribution is 2.34. The van der Waals surface area contributed by atoms with E-state index in [1.54, 1.807) is 24.9 Å². The van der Waals surface area contributed by atoms with Crippen LogP contribution in [0.15, 0.2) is 94.7 Å². The summed E-state index contributed by atoms with van der Waals surface area (Å²) in [5, 5.41) is 11.9. The fraction of sp³-hybridized carbons (Fsp3) is 0.341. The highest BCUT2D eigenvalue weighted by atomic mass is 79.9. The van der Waals surface area contributed by atoms with E-state index in [1.807, 2.05) is 75.5 Å². The van der Waals surface area contributed by atoms with Crippen LogP contribution in [-0.4, -0.2) is 53.4 Å². The van der Waals surface area contributed by atoms with Crippen molar-refractivity contribution in [1.82, 2.24) is 14.9 Å². The Balaban J connectivity index is 1.23. The summed E-state index contributed by atoms with van der Waals surface area (Å²) in [6, 6.07) is 24.1. The molecule has 0 saturated heterocycles. The third-order valence-corrected chi connectivity index (χ3v) is 10.0. The number of aromatic nitrogens is 2. The number of nitrogens with two attached hydrogens (primary N) is 1. The molecule has 284 valence electrons. The van der Waals surface area contributed by atoms with Crippen LogP contribution in [0.1, 0.15) is 63.1 Å². The third kappa shape index (κ3) is 9.97. The van der Waals surface area contributed by atoms with Crippen LogP contribution in [0, 0.1) is 0 Å². The number of halogens is 2. The number of nitrogens with zero attached hydrogens (tertiary/aromatic N) is 4. The Hall–Kier alpha value is -4.94. The zero-order valence-electron chi connectivity index (χ0n) is 31.2. The Kier molecular flexibility index (Phi) is 12.2. The van der Waals surface area contributed by atoms with Crippen molar-refractivity contribution in [2.45, 2.75) is 77.2 Å². The van der Waals surface area contributed by atoms with Crippen LogP contribution in [0.3, 0.4) is 0 Å². The van der Waals surface area contributed by atoms with Gasteiger partial charge in [-0.3, -0.25) is 0 Å². The molecular weight excluding hydrogens is 770 g/mol. The Morgan fingerprint density at radius 3 is 2.09 bits per heavy atom. The topological polar surface area (TPSA) is 128 Å². The molecule has 0 unspecified atom stereocenters. The number of amides is 1. The maximum atomic E-state index is 12.4. The Morgan fingerprint density at radius 1 is 0.944 bits per heavy atom. The summed E-state index contributed by atoms with van der Waals surface area (Å²) < 4.78 is 18.9. The summed E-state index contributed by atoms with van der Waals surface area (Å²) in [7, 11) is 3.33. The van der Waals surface area contributed by atoms with E-state index in [2.05, 4.69) is 60.8 Å². The molecule has 2 heterocycles. The quantitative estimate of drug-likeness (QED) is 0.0841. The lowest BCUT2D eigenvalue weighted by molar-refractivity contribution is 0.0492. The molecular formula is C41H47BrClN7O4. The van der Waals surface area contributed by atoms with Gasteiger partial charge in [0.1, 0.15) is 22.9 Å². The summed E-state index contributed by atoms with van der Waals surface area (Å²) in [5.41, 5.74) is 12.3. The van der Waals surface area contributed by atoms with Gasteiger partial charge in [-0.25, -0.2) is 14.3 Å². The molecule has 4 N–H and O–H groups in total. The lowest BCUT2D eigenvalue weighted by Crippen LogP contribution is -2.42. The van der Waals surface area contributed by atoms with Crippen molar-refractivity contribution >= 4 is 62.0 Å². The molecule has 1 fully saturated rings. The number of amidine groups is 1. The summed E-state index contributed by atoms with van der Waals surface area (Å²) >= 11 is 10.6. The molecule has 0 radical (unpaired) electrons.